The fourth-order valence-corrected chi connectivity index (χ4v) is 4.14. The second kappa shape index (κ2) is 9.02. The maximum atomic E-state index is 6.15. The topological polar surface area (TPSA) is 73.1 Å². The molecule has 0 amide bonds. The molecule has 3 atom stereocenters. The van der Waals surface area contributed by atoms with Gasteiger partial charge in [0.1, 0.15) is 11.6 Å². The number of nitrogens with two attached hydrogens (primary N) is 1. The van der Waals surface area contributed by atoms with E-state index in [2.05, 4.69) is 12.2 Å². The van der Waals surface area contributed by atoms with Crippen molar-refractivity contribution in [3.05, 3.63) is 58.9 Å². The maximum absolute atomic E-state index is 6.15. The van der Waals surface area contributed by atoms with Gasteiger partial charge in [-0.05, 0) is 67.2 Å². The maximum Gasteiger partial charge on any atom is 0.154 e. The molecule has 156 valence electrons. The molecule has 0 aliphatic heterocycles. The van der Waals surface area contributed by atoms with Gasteiger partial charge in [0.15, 0.2) is 5.82 Å². The molecule has 4 rings (SSSR count). The predicted molar refractivity (Wildman–Crippen MR) is 125 cm³/mol. The molecule has 2 aromatic carbocycles. The van der Waals surface area contributed by atoms with Crippen LogP contribution in [-0.4, -0.2) is 29.2 Å². The molecule has 1 aliphatic rings. The van der Waals surface area contributed by atoms with Crippen LogP contribution in [0, 0.1) is 5.92 Å². The Morgan fingerprint density at radius 1 is 1.10 bits per heavy atom. The number of aromatic nitrogens is 2. The molecule has 30 heavy (non-hydrogen) atoms. The third-order valence-corrected chi connectivity index (χ3v) is 6.00. The minimum absolute atomic E-state index is 0.290. The van der Waals surface area contributed by atoms with Crippen LogP contribution in [0.2, 0.25) is 5.02 Å². The minimum Gasteiger partial charge on any atom is -0.497 e. The summed E-state index contributed by atoms with van der Waals surface area (Å²) in [6.45, 7) is 2.25. The van der Waals surface area contributed by atoms with Gasteiger partial charge in [0.2, 0.25) is 0 Å². The smallest absolute Gasteiger partial charge is 0.154 e. The number of nitrogens with one attached hydrogen (secondary N) is 1. The molecule has 6 heteroatoms. The highest BCUT2D eigenvalue weighted by Gasteiger charge is 2.26. The highest BCUT2D eigenvalue weighted by atomic mass is 35.5. The van der Waals surface area contributed by atoms with Crippen molar-refractivity contribution >= 4 is 40.5 Å². The predicted octanol–water partition coefficient (Wildman–Crippen LogP) is 5.39. The summed E-state index contributed by atoms with van der Waals surface area (Å²) >= 11 is 5.98. The largest absolute Gasteiger partial charge is 0.497 e. The zero-order valence-corrected chi connectivity index (χ0v) is 18.1. The Bertz CT molecular complexity index is 1050. The molecule has 1 heterocycles. The summed E-state index contributed by atoms with van der Waals surface area (Å²) in [6, 6.07) is 14.2. The average Bonchev–Trinajstić information content (AvgIpc) is 2.75. The van der Waals surface area contributed by atoms with Gasteiger partial charge in [-0.2, -0.15) is 0 Å². The van der Waals surface area contributed by atoms with Gasteiger partial charge < -0.3 is 15.8 Å². The van der Waals surface area contributed by atoms with Gasteiger partial charge in [0, 0.05) is 22.5 Å². The monoisotopic (exact) mass is 422 g/mol. The Labute approximate surface area is 182 Å². The third kappa shape index (κ3) is 4.74. The molecule has 0 radical (unpaired) electrons. The normalized spacial score (nSPS) is 21.8. The molecule has 0 unspecified atom stereocenters. The zero-order chi connectivity index (χ0) is 21.1. The Morgan fingerprint density at radius 3 is 2.63 bits per heavy atom. The van der Waals surface area contributed by atoms with E-state index in [9.17, 15) is 0 Å². The van der Waals surface area contributed by atoms with E-state index >= 15 is 0 Å². The number of fused-ring (bicyclic) bond motifs is 1. The lowest BCUT2D eigenvalue weighted by Gasteiger charge is -2.33. The lowest BCUT2D eigenvalue weighted by molar-refractivity contribution is 0.314. The Balaban J connectivity index is 1.69. The van der Waals surface area contributed by atoms with Crippen LogP contribution in [0.3, 0.4) is 0 Å². The van der Waals surface area contributed by atoms with Crippen LogP contribution < -0.4 is 15.8 Å². The van der Waals surface area contributed by atoms with Crippen molar-refractivity contribution in [2.45, 2.75) is 38.3 Å². The van der Waals surface area contributed by atoms with Crippen LogP contribution in [-0.2, 0) is 0 Å². The van der Waals surface area contributed by atoms with Gasteiger partial charge in [0.25, 0.3) is 0 Å². The van der Waals surface area contributed by atoms with Crippen LogP contribution in [0.25, 0.3) is 23.1 Å². The van der Waals surface area contributed by atoms with Crippen molar-refractivity contribution in [1.29, 1.82) is 0 Å². The van der Waals surface area contributed by atoms with Gasteiger partial charge >= 0.3 is 0 Å². The lowest BCUT2D eigenvalue weighted by atomic mass is 9.83. The van der Waals surface area contributed by atoms with E-state index in [0.29, 0.717) is 17.8 Å². The first-order chi connectivity index (χ1) is 14.5. The Morgan fingerprint density at radius 2 is 1.90 bits per heavy atom. The molecule has 0 spiro atoms. The van der Waals surface area contributed by atoms with E-state index < -0.39 is 0 Å². The molecule has 5 nitrogen and oxygen atoms in total. The van der Waals surface area contributed by atoms with Crippen molar-refractivity contribution in [3.8, 4) is 5.75 Å². The summed E-state index contributed by atoms with van der Waals surface area (Å²) in [5.74, 6) is 2.77. The molecule has 1 fully saturated rings. The van der Waals surface area contributed by atoms with Crippen molar-refractivity contribution in [3.63, 3.8) is 0 Å². The van der Waals surface area contributed by atoms with E-state index in [1.165, 1.54) is 0 Å². The van der Waals surface area contributed by atoms with Gasteiger partial charge in [-0.15, -0.1) is 0 Å². The number of anilines is 1. The van der Waals surface area contributed by atoms with Gasteiger partial charge in [-0.25, -0.2) is 9.97 Å². The van der Waals surface area contributed by atoms with Gasteiger partial charge in [0.05, 0.1) is 12.6 Å². The van der Waals surface area contributed by atoms with Crippen LogP contribution in [0.5, 0.6) is 5.75 Å². The molecular formula is C24H27ClN4O. The summed E-state index contributed by atoms with van der Waals surface area (Å²) in [7, 11) is 1.67. The van der Waals surface area contributed by atoms with E-state index in [4.69, 9.17) is 32.0 Å². The van der Waals surface area contributed by atoms with E-state index in [1.807, 2.05) is 54.6 Å². The van der Waals surface area contributed by atoms with E-state index in [1.54, 1.807) is 7.11 Å². The van der Waals surface area contributed by atoms with Crippen molar-refractivity contribution < 1.29 is 4.74 Å². The molecular weight excluding hydrogens is 396 g/mol. The molecule has 0 saturated heterocycles. The first-order valence-corrected chi connectivity index (χ1v) is 10.7. The molecule has 1 saturated carbocycles. The fraction of sp³-hybridized carbons (Fsp3) is 0.333. The summed E-state index contributed by atoms with van der Waals surface area (Å²) in [5, 5.41) is 5.35. The van der Waals surface area contributed by atoms with Crippen molar-refractivity contribution in [2.24, 2.45) is 11.7 Å². The second-order valence-corrected chi connectivity index (χ2v) is 8.44. The molecule has 3 N–H and O–H groups in total. The van der Waals surface area contributed by atoms with Gasteiger partial charge in [-0.3, -0.25) is 0 Å². The number of rotatable bonds is 5. The summed E-state index contributed by atoms with van der Waals surface area (Å²) in [5.41, 5.74) is 8.07. The number of halogens is 1. The second-order valence-electron chi connectivity index (χ2n) is 8.00. The van der Waals surface area contributed by atoms with E-state index in [0.717, 1.165) is 52.3 Å². The van der Waals surface area contributed by atoms with Crippen LogP contribution in [0.4, 0.5) is 5.82 Å². The average molecular weight is 423 g/mol. The number of methoxy groups -OCH3 is 1. The summed E-state index contributed by atoms with van der Waals surface area (Å²) < 4.78 is 5.42. The quantitative estimate of drug-likeness (QED) is 0.576. The SMILES string of the molecule is COc1ccc2nc(C=Cc3ccc(Cl)cc3)nc(N[C@@H]3CC[C@H](N)C[C@@H]3C)c2c1. The third-order valence-electron chi connectivity index (χ3n) is 5.75. The number of hydrogen-bond acceptors (Lipinski definition) is 5. The lowest BCUT2D eigenvalue weighted by Crippen LogP contribution is -2.39. The number of ether oxygens (including phenoxy) is 1. The number of nitrogens with zero attached hydrogens (tertiary/aromatic N) is 2. The molecule has 1 aliphatic carbocycles. The Kier molecular flexibility index (Phi) is 6.21. The summed E-state index contributed by atoms with van der Waals surface area (Å²) in [6.07, 6.45) is 7.00. The minimum atomic E-state index is 0.290. The molecule has 0 bridgehead atoms. The first-order valence-electron chi connectivity index (χ1n) is 10.3. The van der Waals surface area contributed by atoms with Crippen LogP contribution in [0.15, 0.2) is 42.5 Å². The summed E-state index contributed by atoms with van der Waals surface area (Å²) in [4.78, 5) is 9.56. The zero-order valence-electron chi connectivity index (χ0n) is 17.3. The number of hydrogen-bond donors (Lipinski definition) is 2. The van der Waals surface area contributed by atoms with Crippen LogP contribution in [0.1, 0.15) is 37.6 Å². The standard InChI is InChI=1S/C24H27ClN4O/c1-15-13-18(26)8-10-21(15)28-24-20-14-19(30-2)9-11-22(20)27-23(29-24)12-5-16-3-6-17(25)7-4-16/h3-7,9,11-12,14-15,18,21H,8,10,13,26H2,1-2H3,(H,27,28,29)/t15-,18-,21+/m0/s1. The van der Waals surface area contributed by atoms with E-state index in [-0.39, 0.29) is 6.04 Å². The van der Waals surface area contributed by atoms with Crippen LogP contribution >= 0.6 is 11.6 Å². The van der Waals surface area contributed by atoms with Gasteiger partial charge in [-0.1, -0.05) is 36.7 Å². The van der Waals surface area contributed by atoms with Crippen molar-refractivity contribution in [2.75, 3.05) is 12.4 Å². The first kappa shape index (κ1) is 20.6. The Hall–Kier alpha value is -2.63. The number of benzene rings is 2. The molecule has 1 aromatic heterocycles. The molecule has 3 aromatic rings. The highest BCUT2D eigenvalue weighted by Crippen LogP contribution is 2.30. The fourth-order valence-electron chi connectivity index (χ4n) is 4.01. The highest BCUT2D eigenvalue weighted by molar-refractivity contribution is 6.30. The van der Waals surface area contributed by atoms with Crippen molar-refractivity contribution in [1.82, 2.24) is 9.97 Å².